The molecule has 1 heterocycles. The van der Waals surface area contributed by atoms with E-state index in [1.165, 1.54) is 0 Å². The number of likely N-dealkylation sites (tertiary alicyclic amines) is 1. The smallest absolute Gasteiger partial charge is 0.319 e. The first-order valence-electron chi connectivity index (χ1n) is 8.28. The fourth-order valence-electron chi connectivity index (χ4n) is 2.95. The Morgan fingerprint density at radius 2 is 2.21 bits per heavy atom. The number of carbonyl (C=O) groups is 2. The Bertz CT molecular complexity index is 591. The Morgan fingerprint density at radius 1 is 1.42 bits per heavy atom. The second-order valence-corrected chi connectivity index (χ2v) is 6.27. The number of primary amides is 1. The topological polar surface area (TPSA) is 108 Å². The number of benzene rings is 1. The van der Waals surface area contributed by atoms with Gasteiger partial charge in [-0.2, -0.15) is 0 Å². The summed E-state index contributed by atoms with van der Waals surface area (Å²) in [5, 5.41) is 14.8. The molecule has 1 aromatic carbocycles. The third-order valence-corrected chi connectivity index (χ3v) is 4.33. The van der Waals surface area contributed by atoms with Crippen molar-refractivity contribution in [2.75, 3.05) is 38.1 Å². The van der Waals surface area contributed by atoms with Crippen LogP contribution in [0.2, 0.25) is 0 Å². The van der Waals surface area contributed by atoms with Gasteiger partial charge in [0.25, 0.3) is 0 Å². The van der Waals surface area contributed by atoms with E-state index in [1.807, 2.05) is 6.92 Å². The van der Waals surface area contributed by atoms with Gasteiger partial charge in [0.2, 0.25) is 5.91 Å². The molecule has 1 fully saturated rings. The van der Waals surface area contributed by atoms with Crippen LogP contribution in [0, 0.1) is 12.8 Å². The standard InChI is InChI=1S/C17H26N4O3/c1-12-9-14(16(18)23)4-5-15(12)20-17(24)19-6-8-21-7-2-3-13(10-21)11-22/h4-5,9,13,22H,2-3,6-8,10-11H2,1H3,(H2,18,23)(H2,19,20,24)/t13-/m0/s1. The van der Waals surface area contributed by atoms with Crippen LogP contribution in [-0.2, 0) is 0 Å². The predicted molar refractivity (Wildman–Crippen MR) is 93.0 cm³/mol. The monoisotopic (exact) mass is 334 g/mol. The van der Waals surface area contributed by atoms with Crippen LogP contribution >= 0.6 is 0 Å². The minimum Gasteiger partial charge on any atom is -0.396 e. The van der Waals surface area contributed by atoms with Gasteiger partial charge < -0.3 is 26.4 Å². The Kier molecular flexibility index (Phi) is 6.57. The number of urea groups is 1. The van der Waals surface area contributed by atoms with Crippen LogP contribution in [0.15, 0.2) is 18.2 Å². The molecule has 3 amide bonds. The zero-order valence-electron chi connectivity index (χ0n) is 14.0. The van der Waals surface area contributed by atoms with Gasteiger partial charge in [-0.25, -0.2) is 4.79 Å². The summed E-state index contributed by atoms with van der Waals surface area (Å²) in [6.07, 6.45) is 2.16. The molecule has 0 spiro atoms. The van der Waals surface area contributed by atoms with E-state index in [4.69, 9.17) is 5.73 Å². The first-order valence-corrected chi connectivity index (χ1v) is 8.28. The summed E-state index contributed by atoms with van der Waals surface area (Å²) in [5.74, 6) is -0.143. The van der Waals surface area contributed by atoms with E-state index in [0.717, 1.165) is 38.0 Å². The van der Waals surface area contributed by atoms with Gasteiger partial charge in [0, 0.05) is 37.5 Å². The van der Waals surface area contributed by atoms with E-state index in [9.17, 15) is 14.7 Å². The number of aryl methyl sites for hydroxylation is 1. The molecule has 0 bridgehead atoms. The van der Waals surface area contributed by atoms with Crippen molar-refractivity contribution in [2.45, 2.75) is 19.8 Å². The number of hydrogen-bond donors (Lipinski definition) is 4. The number of aliphatic hydroxyl groups is 1. The van der Waals surface area contributed by atoms with E-state index in [-0.39, 0.29) is 12.6 Å². The molecule has 0 radical (unpaired) electrons. The number of hydrogen-bond acceptors (Lipinski definition) is 4. The Hall–Kier alpha value is -2.12. The predicted octanol–water partition coefficient (Wildman–Crippen LogP) is 0.920. The highest BCUT2D eigenvalue weighted by Gasteiger charge is 2.18. The fourth-order valence-corrected chi connectivity index (χ4v) is 2.95. The van der Waals surface area contributed by atoms with Gasteiger partial charge in [0.05, 0.1) is 0 Å². The number of carbonyl (C=O) groups excluding carboxylic acids is 2. The van der Waals surface area contributed by atoms with Gasteiger partial charge in [-0.15, -0.1) is 0 Å². The van der Waals surface area contributed by atoms with Gasteiger partial charge in [0.1, 0.15) is 0 Å². The number of nitrogens with zero attached hydrogens (tertiary/aromatic N) is 1. The van der Waals surface area contributed by atoms with Crippen molar-refractivity contribution in [3.05, 3.63) is 29.3 Å². The minimum atomic E-state index is -0.489. The van der Waals surface area contributed by atoms with E-state index in [1.54, 1.807) is 18.2 Å². The minimum absolute atomic E-state index is 0.227. The van der Waals surface area contributed by atoms with Gasteiger partial charge in [0.15, 0.2) is 0 Å². The van der Waals surface area contributed by atoms with E-state index < -0.39 is 5.91 Å². The number of nitrogens with one attached hydrogen (secondary N) is 2. The van der Waals surface area contributed by atoms with Gasteiger partial charge >= 0.3 is 6.03 Å². The molecule has 5 N–H and O–H groups in total. The number of rotatable bonds is 6. The molecule has 2 rings (SSSR count). The van der Waals surface area contributed by atoms with Crippen molar-refractivity contribution in [3.63, 3.8) is 0 Å². The van der Waals surface area contributed by atoms with Gasteiger partial charge in [-0.1, -0.05) is 0 Å². The lowest BCUT2D eigenvalue weighted by Gasteiger charge is -2.31. The third-order valence-electron chi connectivity index (χ3n) is 4.33. The molecule has 0 aromatic heterocycles. The molecule has 0 saturated carbocycles. The molecule has 1 aliphatic rings. The van der Waals surface area contributed by atoms with Crippen molar-refractivity contribution < 1.29 is 14.7 Å². The van der Waals surface area contributed by atoms with Crippen LogP contribution in [0.1, 0.15) is 28.8 Å². The Balaban J connectivity index is 1.76. The molecular formula is C17H26N4O3. The summed E-state index contributed by atoms with van der Waals surface area (Å²) in [5.41, 5.74) is 7.08. The summed E-state index contributed by atoms with van der Waals surface area (Å²) in [6.45, 7) is 5.24. The molecular weight excluding hydrogens is 308 g/mol. The highest BCUT2D eigenvalue weighted by Crippen LogP contribution is 2.16. The number of amides is 3. The summed E-state index contributed by atoms with van der Waals surface area (Å²) < 4.78 is 0. The van der Waals surface area contributed by atoms with Crippen molar-refractivity contribution in [1.82, 2.24) is 10.2 Å². The van der Waals surface area contributed by atoms with Crippen LogP contribution in [0.5, 0.6) is 0 Å². The van der Waals surface area contributed by atoms with Crippen molar-refractivity contribution in [2.24, 2.45) is 11.7 Å². The quantitative estimate of drug-likeness (QED) is 0.620. The van der Waals surface area contributed by atoms with Crippen LogP contribution in [-0.4, -0.2) is 54.7 Å². The van der Waals surface area contributed by atoms with E-state index in [0.29, 0.717) is 23.7 Å². The van der Waals surface area contributed by atoms with Gasteiger partial charge in [-0.05, 0) is 56.0 Å². The first-order chi connectivity index (χ1) is 11.5. The Labute approximate surface area is 142 Å². The number of nitrogens with two attached hydrogens (primary N) is 1. The molecule has 1 aromatic rings. The molecule has 7 heteroatoms. The average Bonchev–Trinajstić information content (AvgIpc) is 2.56. The molecule has 7 nitrogen and oxygen atoms in total. The summed E-state index contributed by atoms with van der Waals surface area (Å²) in [7, 11) is 0. The van der Waals surface area contributed by atoms with Gasteiger partial charge in [-0.3, -0.25) is 4.79 Å². The lowest BCUT2D eigenvalue weighted by atomic mass is 9.99. The van der Waals surface area contributed by atoms with Crippen LogP contribution < -0.4 is 16.4 Å². The third kappa shape index (κ3) is 5.21. The largest absolute Gasteiger partial charge is 0.396 e. The van der Waals surface area contributed by atoms with Crippen LogP contribution in [0.4, 0.5) is 10.5 Å². The summed E-state index contributed by atoms with van der Waals surface area (Å²) >= 11 is 0. The molecule has 24 heavy (non-hydrogen) atoms. The van der Waals surface area contributed by atoms with Crippen molar-refractivity contribution >= 4 is 17.6 Å². The van der Waals surface area contributed by atoms with E-state index in [2.05, 4.69) is 15.5 Å². The molecule has 1 saturated heterocycles. The number of piperidine rings is 1. The Morgan fingerprint density at radius 3 is 2.88 bits per heavy atom. The molecule has 132 valence electrons. The van der Waals surface area contributed by atoms with Crippen molar-refractivity contribution in [3.8, 4) is 0 Å². The lowest BCUT2D eigenvalue weighted by molar-refractivity contribution is 0.1000. The van der Waals surface area contributed by atoms with Crippen LogP contribution in [0.3, 0.4) is 0 Å². The fraction of sp³-hybridized carbons (Fsp3) is 0.529. The highest BCUT2D eigenvalue weighted by atomic mass is 16.3. The number of aliphatic hydroxyl groups excluding tert-OH is 1. The maximum Gasteiger partial charge on any atom is 0.319 e. The van der Waals surface area contributed by atoms with E-state index >= 15 is 0 Å². The molecule has 0 unspecified atom stereocenters. The zero-order valence-corrected chi connectivity index (χ0v) is 14.0. The molecule has 1 atom stereocenters. The SMILES string of the molecule is Cc1cc(C(N)=O)ccc1NC(=O)NCCN1CCC[C@H](CO)C1. The molecule has 1 aliphatic heterocycles. The number of anilines is 1. The second kappa shape index (κ2) is 8.65. The van der Waals surface area contributed by atoms with Crippen LogP contribution in [0.25, 0.3) is 0 Å². The first kappa shape index (κ1) is 18.2. The summed E-state index contributed by atoms with van der Waals surface area (Å²) in [6, 6.07) is 4.64. The maximum atomic E-state index is 12.0. The average molecular weight is 334 g/mol. The summed E-state index contributed by atoms with van der Waals surface area (Å²) in [4.78, 5) is 25.4. The highest BCUT2D eigenvalue weighted by molar-refractivity contribution is 5.95. The second-order valence-electron chi connectivity index (χ2n) is 6.27. The molecule has 0 aliphatic carbocycles. The normalized spacial score (nSPS) is 18.2. The van der Waals surface area contributed by atoms with Crippen molar-refractivity contribution in [1.29, 1.82) is 0 Å². The maximum absolute atomic E-state index is 12.0. The lowest BCUT2D eigenvalue weighted by Crippen LogP contribution is -2.42. The zero-order chi connectivity index (χ0) is 17.5.